The van der Waals surface area contributed by atoms with Crippen molar-refractivity contribution in [3.8, 4) is 5.75 Å². The van der Waals surface area contributed by atoms with Crippen molar-refractivity contribution in [1.29, 1.82) is 0 Å². The SMILES string of the molecule is CO/C(=C\c1cncc(C2(C)NC(=O)NC2=O)c1)[C@]1(CN2Cc3ccc(OC)c(F)c3C2=O)NC(=O)NC1=O. The van der Waals surface area contributed by atoms with Crippen LogP contribution < -0.4 is 26.0 Å². The number of ether oxygens (including phenoxy) is 2. The second kappa shape index (κ2) is 9.08. The van der Waals surface area contributed by atoms with Crippen LogP contribution in [0, 0.1) is 5.82 Å². The highest BCUT2D eigenvalue weighted by Gasteiger charge is 2.53. The lowest BCUT2D eigenvalue weighted by atomic mass is 9.91. The normalized spacial score (nSPS) is 24.3. The Bertz CT molecular complexity index is 1490. The Morgan fingerprint density at radius 2 is 1.79 bits per heavy atom. The summed E-state index contributed by atoms with van der Waals surface area (Å²) in [7, 11) is 2.56. The molecule has 4 N–H and O–H groups in total. The number of hydrogen-bond donors (Lipinski definition) is 4. The van der Waals surface area contributed by atoms with Gasteiger partial charge < -0.3 is 25.0 Å². The fourth-order valence-corrected chi connectivity index (χ4v) is 4.89. The number of amides is 7. The first-order valence-electron chi connectivity index (χ1n) is 11.7. The van der Waals surface area contributed by atoms with Gasteiger partial charge in [-0.1, -0.05) is 6.07 Å². The highest BCUT2D eigenvalue weighted by Crippen LogP contribution is 2.34. The highest BCUT2D eigenvalue weighted by molar-refractivity contribution is 6.10. The Morgan fingerprint density at radius 3 is 2.41 bits per heavy atom. The van der Waals surface area contributed by atoms with Gasteiger partial charge in [0.05, 0.1) is 26.3 Å². The van der Waals surface area contributed by atoms with Crippen molar-refractivity contribution < 1.29 is 37.8 Å². The maximum Gasteiger partial charge on any atom is 0.322 e. The number of pyridine rings is 1. The van der Waals surface area contributed by atoms with Crippen molar-refractivity contribution in [2.24, 2.45) is 0 Å². The largest absolute Gasteiger partial charge is 0.498 e. The molecule has 4 heterocycles. The van der Waals surface area contributed by atoms with Gasteiger partial charge in [0, 0.05) is 24.5 Å². The Kier molecular flexibility index (Phi) is 5.96. The second-order valence-electron chi connectivity index (χ2n) is 9.34. The van der Waals surface area contributed by atoms with Crippen LogP contribution in [0.25, 0.3) is 6.08 Å². The van der Waals surface area contributed by atoms with Crippen molar-refractivity contribution in [2.45, 2.75) is 24.5 Å². The van der Waals surface area contributed by atoms with E-state index >= 15 is 0 Å². The number of urea groups is 2. The quantitative estimate of drug-likeness (QED) is 0.292. The van der Waals surface area contributed by atoms with E-state index in [4.69, 9.17) is 9.47 Å². The van der Waals surface area contributed by atoms with Crippen molar-refractivity contribution >= 4 is 35.9 Å². The first-order valence-corrected chi connectivity index (χ1v) is 11.7. The van der Waals surface area contributed by atoms with Gasteiger partial charge >= 0.3 is 12.1 Å². The lowest BCUT2D eigenvalue weighted by Gasteiger charge is -2.32. The van der Waals surface area contributed by atoms with Gasteiger partial charge in [0.25, 0.3) is 17.7 Å². The topological polar surface area (TPSA) is 168 Å². The molecule has 1 aromatic carbocycles. The first kappa shape index (κ1) is 25.6. The standard InChI is InChI=1S/C25H23FN6O7/c1-24(20(34)28-22(36)30-24)14-6-12(8-27-9-14)7-16(39-3)25(21(35)29-23(37)31-25)11-32-10-13-4-5-15(38-2)18(26)17(13)19(32)33/h4-9H,10-11H2,1-3H3,(H2,28,30,34,36)(H2,29,31,35,37)/b16-7-/t24?,25-/m0/s1. The zero-order chi connectivity index (χ0) is 28.1. The number of hydrogen-bond acceptors (Lipinski definition) is 8. The second-order valence-corrected chi connectivity index (χ2v) is 9.34. The summed E-state index contributed by atoms with van der Waals surface area (Å²) in [6.07, 6.45) is 4.23. The van der Waals surface area contributed by atoms with E-state index in [-0.39, 0.29) is 30.2 Å². The van der Waals surface area contributed by atoms with Crippen LogP contribution in [0.3, 0.4) is 0 Å². The monoisotopic (exact) mass is 538 g/mol. The third-order valence-corrected chi connectivity index (χ3v) is 6.96. The highest BCUT2D eigenvalue weighted by atomic mass is 19.1. The number of halogens is 1. The molecule has 1 unspecified atom stereocenters. The lowest BCUT2D eigenvalue weighted by Crippen LogP contribution is -2.57. The molecule has 14 heteroatoms. The zero-order valence-electron chi connectivity index (χ0n) is 21.0. The average molecular weight is 538 g/mol. The summed E-state index contributed by atoms with van der Waals surface area (Å²) in [6.45, 7) is 1.09. The van der Waals surface area contributed by atoms with Crippen LogP contribution in [0.5, 0.6) is 5.75 Å². The van der Waals surface area contributed by atoms with E-state index in [1.807, 2.05) is 0 Å². The molecule has 202 valence electrons. The zero-order valence-corrected chi connectivity index (χ0v) is 21.0. The van der Waals surface area contributed by atoms with Gasteiger partial charge in [-0.15, -0.1) is 0 Å². The van der Waals surface area contributed by atoms with E-state index < -0.39 is 46.7 Å². The van der Waals surface area contributed by atoms with E-state index in [9.17, 15) is 28.4 Å². The number of nitrogens with one attached hydrogen (secondary N) is 4. The summed E-state index contributed by atoms with van der Waals surface area (Å²) < 4.78 is 25.4. The molecule has 1 aromatic heterocycles. The summed E-state index contributed by atoms with van der Waals surface area (Å²) in [5, 5.41) is 9.42. The van der Waals surface area contributed by atoms with Crippen LogP contribution in [0.2, 0.25) is 0 Å². The van der Waals surface area contributed by atoms with Gasteiger partial charge in [0.1, 0.15) is 11.3 Å². The van der Waals surface area contributed by atoms with Crippen LogP contribution in [0.15, 0.2) is 36.4 Å². The molecule has 5 rings (SSSR count). The van der Waals surface area contributed by atoms with Crippen molar-refractivity contribution in [2.75, 3.05) is 20.8 Å². The molecule has 3 aliphatic rings. The molecule has 0 aliphatic carbocycles. The molecule has 2 fully saturated rings. The first-order chi connectivity index (χ1) is 18.5. The number of carbonyl (C=O) groups excluding carboxylic acids is 5. The number of imide groups is 2. The summed E-state index contributed by atoms with van der Waals surface area (Å²) in [5.41, 5.74) is -2.35. The molecule has 39 heavy (non-hydrogen) atoms. The summed E-state index contributed by atoms with van der Waals surface area (Å²) >= 11 is 0. The smallest absolute Gasteiger partial charge is 0.322 e. The van der Waals surface area contributed by atoms with Crippen LogP contribution in [-0.2, 0) is 26.4 Å². The fraction of sp³-hybridized carbons (Fsp3) is 0.280. The number of methoxy groups -OCH3 is 2. The molecule has 0 bridgehead atoms. The van der Waals surface area contributed by atoms with E-state index in [0.29, 0.717) is 16.7 Å². The molecular weight excluding hydrogens is 515 g/mol. The number of aromatic nitrogens is 1. The molecule has 0 radical (unpaired) electrons. The van der Waals surface area contributed by atoms with Crippen molar-refractivity contribution in [3.05, 3.63) is 64.4 Å². The molecular formula is C25H23FN6O7. The molecule has 7 amide bonds. The van der Waals surface area contributed by atoms with E-state index in [0.717, 1.165) is 0 Å². The van der Waals surface area contributed by atoms with Crippen LogP contribution in [0.4, 0.5) is 14.0 Å². The lowest BCUT2D eigenvalue weighted by molar-refractivity contribution is -0.124. The minimum absolute atomic E-state index is 0.0266. The number of fused-ring (bicyclic) bond motifs is 1. The third kappa shape index (κ3) is 4.00. The minimum Gasteiger partial charge on any atom is -0.498 e. The third-order valence-electron chi connectivity index (χ3n) is 6.96. The average Bonchev–Trinajstić information content (AvgIpc) is 3.47. The van der Waals surface area contributed by atoms with E-state index in [1.165, 1.54) is 50.6 Å². The van der Waals surface area contributed by atoms with Gasteiger partial charge in [-0.3, -0.25) is 30.0 Å². The van der Waals surface area contributed by atoms with Crippen LogP contribution in [0.1, 0.15) is 34.0 Å². The predicted molar refractivity (Wildman–Crippen MR) is 130 cm³/mol. The maximum atomic E-state index is 14.9. The molecule has 0 saturated carbocycles. The molecule has 0 spiro atoms. The molecule has 2 aromatic rings. The molecule has 3 aliphatic heterocycles. The van der Waals surface area contributed by atoms with Gasteiger partial charge in [0.15, 0.2) is 17.1 Å². The summed E-state index contributed by atoms with van der Waals surface area (Å²) in [5.74, 6) is -3.03. The number of nitrogens with zero attached hydrogens (tertiary/aromatic N) is 2. The minimum atomic E-state index is -1.87. The van der Waals surface area contributed by atoms with Crippen LogP contribution in [-0.4, -0.2) is 66.0 Å². The number of rotatable bonds is 7. The summed E-state index contributed by atoms with van der Waals surface area (Å²) in [4.78, 5) is 68.1. The van der Waals surface area contributed by atoms with Crippen molar-refractivity contribution in [1.82, 2.24) is 31.2 Å². The Labute approximate surface area is 220 Å². The number of carbonyl (C=O) groups is 5. The maximum absolute atomic E-state index is 14.9. The molecule has 13 nitrogen and oxygen atoms in total. The van der Waals surface area contributed by atoms with Gasteiger partial charge in [-0.05, 0) is 36.3 Å². The van der Waals surface area contributed by atoms with Gasteiger partial charge in [0.2, 0.25) is 0 Å². The Hall–Kier alpha value is -5.01. The molecule has 2 atom stereocenters. The summed E-state index contributed by atoms with van der Waals surface area (Å²) in [6, 6.07) is 3.04. The number of benzene rings is 1. The predicted octanol–water partition coefficient (Wildman–Crippen LogP) is 0.505. The fourth-order valence-electron chi connectivity index (χ4n) is 4.89. The molecule has 2 saturated heterocycles. The van der Waals surface area contributed by atoms with E-state index in [1.54, 1.807) is 12.1 Å². The Balaban J connectivity index is 1.52. The van der Waals surface area contributed by atoms with Crippen LogP contribution >= 0.6 is 0 Å². The van der Waals surface area contributed by atoms with Crippen molar-refractivity contribution in [3.63, 3.8) is 0 Å². The Morgan fingerprint density at radius 1 is 1.08 bits per heavy atom. The van der Waals surface area contributed by atoms with Gasteiger partial charge in [-0.2, -0.15) is 0 Å². The van der Waals surface area contributed by atoms with Gasteiger partial charge in [-0.25, -0.2) is 14.0 Å². The van der Waals surface area contributed by atoms with E-state index in [2.05, 4.69) is 26.3 Å².